The fourth-order valence-corrected chi connectivity index (χ4v) is 1.29. The number of nitriles is 1. The third-order valence-electron chi connectivity index (χ3n) is 1.93. The van der Waals surface area contributed by atoms with E-state index in [4.69, 9.17) is 10.4 Å². The molecule has 0 bridgehead atoms. The molecule has 10 heavy (non-hydrogen) atoms. The van der Waals surface area contributed by atoms with Crippen LogP contribution in [0.4, 0.5) is 4.39 Å². The van der Waals surface area contributed by atoms with E-state index in [0.717, 1.165) is 0 Å². The number of rotatable bonds is 0. The third-order valence-corrected chi connectivity index (χ3v) is 1.93. The molecule has 56 valence electrons. The van der Waals surface area contributed by atoms with Gasteiger partial charge in [0.05, 0.1) is 12.2 Å². The summed E-state index contributed by atoms with van der Waals surface area (Å²) < 4.78 is 12.7. The topological polar surface area (TPSA) is 44.0 Å². The molecule has 0 aliphatic heterocycles. The number of aliphatic hydroxyl groups excluding tert-OH is 1. The van der Waals surface area contributed by atoms with Gasteiger partial charge in [0.2, 0.25) is 0 Å². The molecular formula is C7H10FNO. The first-order valence-electron chi connectivity index (χ1n) is 3.47. The predicted molar refractivity (Wildman–Crippen MR) is 33.9 cm³/mol. The summed E-state index contributed by atoms with van der Waals surface area (Å²) in [7, 11) is 0. The van der Waals surface area contributed by atoms with Crippen LogP contribution < -0.4 is 0 Å². The van der Waals surface area contributed by atoms with Crippen LogP contribution in [0.1, 0.15) is 19.3 Å². The number of alkyl halides is 1. The molecule has 3 atom stereocenters. The van der Waals surface area contributed by atoms with E-state index in [2.05, 4.69) is 0 Å². The lowest BCUT2D eigenvalue weighted by atomic mass is 9.86. The van der Waals surface area contributed by atoms with Crippen LogP contribution in [0.2, 0.25) is 0 Å². The molecule has 2 nitrogen and oxygen atoms in total. The second-order valence-electron chi connectivity index (χ2n) is 2.67. The maximum atomic E-state index is 12.7. The molecule has 0 aromatic rings. The molecule has 1 aliphatic rings. The van der Waals surface area contributed by atoms with Gasteiger partial charge in [0.15, 0.2) is 0 Å². The van der Waals surface area contributed by atoms with E-state index in [9.17, 15) is 4.39 Å². The first kappa shape index (κ1) is 7.49. The molecule has 0 saturated heterocycles. The fraction of sp³-hybridized carbons (Fsp3) is 0.857. The summed E-state index contributed by atoms with van der Waals surface area (Å²) in [6.45, 7) is 0. The molecule has 0 heterocycles. The molecule has 1 N–H and O–H groups in total. The average Bonchev–Trinajstić information content (AvgIpc) is 1.88. The van der Waals surface area contributed by atoms with Crippen molar-refractivity contribution in [3.63, 3.8) is 0 Å². The highest BCUT2D eigenvalue weighted by Crippen LogP contribution is 2.26. The Labute approximate surface area is 59.3 Å². The number of halogens is 1. The summed E-state index contributed by atoms with van der Waals surface area (Å²) in [5, 5.41) is 17.5. The minimum absolute atomic E-state index is 0.426. The average molecular weight is 143 g/mol. The molecule has 3 unspecified atom stereocenters. The fourth-order valence-electron chi connectivity index (χ4n) is 1.29. The van der Waals surface area contributed by atoms with E-state index < -0.39 is 18.2 Å². The molecule has 0 spiro atoms. The van der Waals surface area contributed by atoms with Gasteiger partial charge in [-0.3, -0.25) is 0 Å². The van der Waals surface area contributed by atoms with Crippen LogP contribution in [-0.2, 0) is 0 Å². The Morgan fingerprint density at radius 3 is 2.60 bits per heavy atom. The summed E-state index contributed by atoms with van der Waals surface area (Å²) in [6, 6.07) is 1.78. The van der Waals surface area contributed by atoms with Crippen molar-refractivity contribution in [1.29, 1.82) is 5.26 Å². The van der Waals surface area contributed by atoms with Crippen molar-refractivity contribution in [2.45, 2.75) is 31.5 Å². The van der Waals surface area contributed by atoms with Gasteiger partial charge in [-0.2, -0.15) is 5.26 Å². The van der Waals surface area contributed by atoms with Gasteiger partial charge in [0.1, 0.15) is 12.1 Å². The quantitative estimate of drug-likeness (QED) is 0.550. The molecular weight excluding hydrogens is 133 g/mol. The number of nitrogens with zero attached hydrogens (tertiary/aromatic N) is 1. The molecule has 1 fully saturated rings. The molecule has 1 rings (SSSR count). The Hall–Kier alpha value is -0.620. The molecule has 1 saturated carbocycles. The lowest BCUT2D eigenvalue weighted by Crippen LogP contribution is -2.32. The molecule has 1 aliphatic carbocycles. The van der Waals surface area contributed by atoms with Gasteiger partial charge in [-0.15, -0.1) is 0 Å². The lowest BCUT2D eigenvalue weighted by Gasteiger charge is -2.25. The smallest absolute Gasteiger partial charge is 0.118 e. The van der Waals surface area contributed by atoms with Gasteiger partial charge in [-0.05, 0) is 19.3 Å². The Kier molecular flexibility index (Phi) is 2.23. The number of aliphatic hydroxyl groups is 1. The van der Waals surface area contributed by atoms with Crippen molar-refractivity contribution < 1.29 is 9.50 Å². The molecule has 0 aromatic heterocycles. The second-order valence-corrected chi connectivity index (χ2v) is 2.67. The molecule has 3 heteroatoms. The van der Waals surface area contributed by atoms with E-state index in [0.29, 0.717) is 19.3 Å². The van der Waals surface area contributed by atoms with Gasteiger partial charge in [-0.1, -0.05) is 0 Å². The van der Waals surface area contributed by atoms with Crippen LogP contribution in [0.15, 0.2) is 0 Å². The monoisotopic (exact) mass is 143 g/mol. The van der Waals surface area contributed by atoms with Crippen molar-refractivity contribution in [1.82, 2.24) is 0 Å². The SMILES string of the molecule is N#CC1C(O)CCCC1F. The number of hydrogen-bond acceptors (Lipinski definition) is 2. The zero-order valence-electron chi connectivity index (χ0n) is 5.63. The highest BCUT2D eigenvalue weighted by molar-refractivity contribution is 4.96. The van der Waals surface area contributed by atoms with E-state index in [1.54, 1.807) is 6.07 Å². The lowest BCUT2D eigenvalue weighted by molar-refractivity contribution is 0.0446. The highest BCUT2D eigenvalue weighted by atomic mass is 19.1. The first-order valence-corrected chi connectivity index (χ1v) is 3.47. The van der Waals surface area contributed by atoms with E-state index in [1.165, 1.54) is 0 Å². The molecule has 0 amide bonds. The van der Waals surface area contributed by atoms with Gasteiger partial charge >= 0.3 is 0 Å². The van der Waals surface area contributed by atoms with Crippen LogP contribution in [0.3, 0.4) is 0 Å². The normalized spacial score (nSPS) is 40.7. The van der Waals surface area contributed by atoms with Crippen molar-refractivity contribution in [2.24, 2.45) is 5.92 Å². The largest absolute Gasteiger partial charge is 0.392 e. The van der Waals surface area contributed by atoms with Crippen LogP contribution in [0.25, 0.3) is 0 Å². The maximum absolute atomic E-state index is 12.7. The molecule has 0 aromatic carbocycles. The van der Waals surface area contributed by atoms with Crippen molar-refractivity contribution in [2.75, 3.05) is 0 Å². The maximum Gasteiger partial charge on any atom is 0.118 e. The predicted octanol–water partition coefficient (Wildman–Crippen LogP) is 1.01. The minimum atomic E-state index is -1.12. The van der Waals surface area contributed by atoms with Crippen molar-refractivity contribution in [3.05, 3.63) is 0 Å². The van der Waals surface area contributed by atoms with Gasteiger partial charge < -0.3 is 5.11 Å². The Morgan fingerprint density at radius 1 is 1.50 bits per heavy atom. The van der Waals surface area contributed by atoms with E-state index >= 15 is 0 Å². The van der Waals surface area contributed by atoms with E-state index in [1.807, 2.05) is 0 Å². The van der Waals surface area contributed by atoms with Gasteiger partial charge in [0, 0.05) is 0 Å². The van der Waals surface area contributed by atoms with Crippen molar-refractivity contribution >= 4 is 0 Å². The summed E-state index contributed by atoms with van der Waals surface area (Å²) in [4.78, 5) is 0. The molecule has 0 radical (unpaired) electrons. The van der Waals surface area contributed by atoms with Crippen molar-refractivity contribution in [3.8, 4) is 6.07 Å². The Balaban J connectivity index is 2.56. The van der Waals surface area contributed by atoms with Crippen LogP contribution in [0.5, 0.6) is 0 Å². The van der Waals surface area contributed by atoms with Crippen LogP contribution in [0, 0.1) is 17.2 Å². The van der Waals surface area contributed by atoms with Crippen LogP contribution >= 0.6 is 0 Å². The Morgan fingerprint density at radius 2 is 2.20 bits per heavy atom. The second kappa shape index (κ2) is 2.98. The summed E-state index contributed by atoms with van der Waals surface area (Å²) >= 11 is 0. The summed E-state index contributed by atoms with van der Waals surface area (Å²) in [6.07, 6.45) is -0.170. The highest BCUT2D eigenvalue weighted by Gasteiger charge is 2.31. The van der Waals surface area contributed by atoms with Gasteiger partial charge in [0.25, 0.3) is 0 Å². The summed E-state index contributed by atoms with van der Waals surface area (Å²) in [5.41, 5.74) is 0. The van der Waals surface area contributed by atoms with Gasteiger partial charge in [-0.25, -0.2) is 4.39 Å². The summed E-state index contributed by atoms with van der Waals surface area (Å²) in [5.74, 6) is -0.784. The zero-order valence-corrected chi connectivity index (χ0v) is 5.63. The number of hydrogen-bond donors (Lipinski definition) is 1. The van der Waals surface area contributed by atoms with E-state index in [-0.39, 0.29) is 0 Å². The third kappa shape index (κ3) is 1.27. The Bertz CT molecular complexity index is 144. The zero-order chi connectivity index (χ0) is 7.56. The first-order chi connectivity index (χ1) is 4.75. The van der Waals surface area contributed by atoms with Crippen LogP contribution in [-0.4, -0.2) is 17.4 Å². The minimum Gasteiger partial charge on any atom is -0.392 e. The standard InChI is InChI=1S/C7H10FNO/c8-6-2-1-3-7(10)5(6)4-9/h5-7,10H,1-3H2.